The Bertz CT molecular complexity index is 983. The SMILES string of the molecule is COC(=O)[C@H]1c2sc(=O)[nH]c2S[C@H]2C(=O)N(c3ccc(Br)cc3)C(=O)[C@@H]21. The third kappa shape index (κ3) is 2.55. The van der Waals surface area contributed by atoms with Crippen LogP contribution in [0.1, 0.15) is 10.8 Å². The number of methoxy groups -OCH3 is 1. The van der Waals surface area contributed by atoms with Crippen molar-refractivity contribution in [3.8, 4) is 0 Å². The largest absolute Gasteiger partial charge is 0.469 e. The highest BCUT2D eigenvalue weighted by Crippen LogP contribution is 2.51. The molecular formula is C16H11BrN2O5S2. The van der Waals surface area contributed by atoms with E-state index in [9.17, 15) is 19.2 Å². The zero-order chi connectivity index (χ0) is 18.6. The van der Waals surface area contributed by atoms with Gasteiger partial charge in [0.25, 0.3) is 0 Å². The molecule has 1 aromatic heterocycles. The zero-order valence-electron chi connectivity index (χ0n) is 13.2. The minimum atomic E-state index is -0.970. The fraction of sp³-hybridized carbons (Fsp3) is 0.250. The summed E-state index contributed by atoms with van der Waals surface area (Å²) in [5.74, 6) is -3.36. The molecule has 1 saturated heterocycles. The van der Waals surface area contributed by atoms with Crippen LogP contribution < -0.4 is 9.77 Å². The standard InChI is InChI=1S/C16H11BrN2O5S2/c1-24-15(22)9-8-11(25-12-10(9)26-16(23)18-12)14(21)19(13(8)20)7-4-2-6(17)3-5-7/h2-5,8-9,11H,1H3,(H,18,23)/t8-,9-,11-/m1/s1. The lowest BCUT2D eigenvalue weighted by Crippen LogP contribution is -2.35. The predicted octanol–water partition coefficient (Wildman–Crippen LogP) is 2.12. The van der Waals surface area contributed by atoms with Crippen molar-refractivity contribution in [3.05, 3.63) is 43.3 Å². The van der Waals surface area contributed by atoms with Gasteiger partial charge in [0.2, 0.25) is 11.8 Å². The molecule has 1 aromatic carbocycles. The van der Waals surface area contributed by atoms with Gasteiger partial charge in [-0.1, -0.05) is 39.0 Å². The molecule has 4 rings (SSSR count). The normalized spacial score (nSPS) is 24.4. The van der Waals surface area contributed by atoms with Crippen molar-refractivity contribution in [2.45, 2.75) is 16.2 Å². The number of thiazole rings is 1. The van der Waals surface area contributed by atoms with E-state index in [0.717, 1.165) is 32.5 Å². The van der Waals surface area contributed by atoms with E-state index in [1.807, 2.05) is 0 Å². The highest BCUT2D eigenvalue weighted by atomic mass is 79.9. The first-order chi connectivity index (χ1) is 12.4. The summed E-state index contributed by atoms with van der Waals surface area (Å²) >= 11 is 5.31. The van der Waals surface area contributed by atoms with E-state index < -0.39 is 34.9 Å². The van der Waals surface area contributed by atoms with E-state index in [-0.39, 0.29) is 4.87 Å². The number of hydrogen-bond acceptors (Lipinski definition) is 7. The molecule has 3 atom stereocenters. The number of fused-ring (bicyclic) bond motifs is 2. The number of H-pyrrole nitrogens is 1. The summed E-state index contributed by atoms with van der Waals surface area (Å²) in [6.07, 6.45) is 0. The third-order valence-electron chi connectivity index (χ3n) is 4.36. The van der Waals surface area contributed by atoms with Gasteiger partial charge in [-0.25, -0.2) is 4.90 Å². The number of aromatic amines is 1. The first-order valence-corrected chi connectivity index (χ1v) is 10.0. The summed E-state index contributed by atoms with van der Waals surface area (Å²) in [5, 5.41) is -0.330. The van der Waals surface area contributed by atoms with Gasteiger partial charge in [-0.3, -0.25) is 19.2 Å². The molecule has 0 bridgehead atoms. The molecule has 0 saturated carbocycles. The second-order valence-corrected chi connectivity index (χ2v) is 8.84. The molecule has 2 amide bonds. The lowest BCUT2D eigenvalue weighted by molar-refractivity contribution is -0.145. The van der Waals surface area contributed by atoms with Crippen LogP contribution in [0, 0.1) is 5.92 Å². The smallest absolute Gasteiger partial charge is 0.314 e. The Labute approximate surface area is 163 Å². The number of carbonyl (C=O) groups is 3. The molecule has 2 aliphatic rings. The van der Waals surface area contributed by atoms with E-state index in [4.69, 9.17) is 4.74 Å². The maximum atomic E-state index is 13.1. The number of thioether (sulfide) groups is 1. The van der Waals surface area contributed by atoms with Crippen LogP contribution in [0.5, 0.6) is 0 Å². The van der Waals surface area contributed by atoms with Crippen molar-refractivity contribution in [2.75, 3.05) is 12.0 Å². The van der Waals surface area contributed by atoms with Crippen LogP contribution in [-0.2, 0) is 19.1 Å². The quantitative estimate of drug-likeness (QED) is 0.551. The number of aromatic nitrogens is 1. The number of carbonyl (C=O) groups excluding carboxylic acids is 3. The van der Waals surface area contributed by atoms with Crippen molar-refractivity contribution >= 4 is 62.5 Å². The topological polar surface area (TPSA) is 96.5 Å². The Morgan fingerprint density at radius 1 is 1.19 bits per heavy atom. The Hall–Kier alpha value is -1.91. The molecule has 0 unspecified atom stereocenters. The highest BCUT2D eigenvalue weighted by Gasteiger charge is 2.58. The number of anilines is 1. The molecule has 3 heterocycles. The molecule has 0 spiro atoms. The van der Waals surface area contributed by atoms with E-state index in [1.54, 1.807) is 24.3 Å². The number of halogens is 1. The molecule has 1 fully saturated rings. The summed E-state index contributed by atoms with van der Waals surface area (Å²) in [7, 11) is 1.22. The first kappa shape index (κ1) is 17.5. The average Bonchev–Trinajstić information content (AvgIpc) is 3.11. The summed E-state index contributed by atoms with van der Waals surface area (Å²) < 4.78 is 5.68. The van der Waals surface area contributed by atoms with E-state index in [2.05, 4.69) is 20.9 Å². The number of imide groups is 1. The first-order valence-electron chi connectivity index (χ1n) is 7.53. The molecule has 0 radical (unpaired) electrons. The van der Waals surface area contributed by atoms with Gasteiger partial charge in [0.05, 0.1) is 28.6 Å². The second kappa shape index (κ2) is 6.36. The van der Waals surface area contributed by atoms with Gasteiger partial charge >= 0.3 is 10.8 Å². The zero-order valence-corrected chi connectivity index (χ0v) is 16.4. The fourth-order valence-electron chi connectivity index (χ4n) is 3.24. The number of ether oxygens (including phenoxy) is 1. The van der Waals surface area contributed by atoms with Gasteiger partial charge < -0.3 is 9.72 Å². The molecule has 10 heteroatoms. The van der Waals surface area contributed by atoms with Crippen molar-refractivity contribution < 1.29 is 19.1 Å². The number of esters is 1. The van der Waals surface area contributed by atoms with Crippen LogP contribution in [0.3, 0.4) is 0 Å². The predicted molar refractivity (Wildman–Crippen MR) is 99.5 cm³/mol. The van der Waals surface area contributed by atoms with Crippen LogP contribution in [0.25, 0.3) is 0 Å². The molecule has 0 aliphatic carbocycles. The maximum Gasteiger partial charge on any atom is 0.314 e. The van der Waals surface area contributed by atoms with Crippen molar-refractivity contribution in [1.29, 1.82) is 0 Å². The number of rotatable bonds is 2. The number of amides is 2. The molecule has 2 aromatic rings. The van der Waals surface area contributed by atoms with Crippen molar-refractivity contribution in [3.63, 3.8) is 0 Å². The van der Waals surface area contributed by atoms with Crippen LogP contribution in [0.2, 0.25) is 0 Å². The van der Waals surface area contributed by atoms with Crippen LogP contribution >= 0.6 is 39.0 Å². The van der Waals surface area contributed by atoms with Gasteiger partial charge in [-0.2, -0.15) is 0 Å². The van der Waals surface area contributed by atoms with E-state index >= 15 is 0 Å². The number of hydrogen-bond donors (Lipinski definition) is 1. The monoisotopic (exact) mass is 454 g/mol. The molecule has 2 aliphatic heterocycles. The van der Waals surface area contributed by atoms with Gasteiger partial charge in [0.1, 0.15) is 11.2 Å². The van der Waals surface area contributed by atoms with Gasteiger partial charge in [-0.05, 0) is 24.3 Å². The summed E-state index contributed by atoms with van der Waals surface area (Å²) in [6, 6.07) is 6.79. The minimum Gasteiger partial charge on any atom is -0.469 e. The van der Waals surface area contributed by atoms with Crippen LogP contribution in [0.4, 0.5) is 5.69 Å². The number of nitrogens with one attached hydrogen (secondary N) is 1. The highest BCUT2D eigenvalue weighted by molar-refractivity contribution is 9.10. The Balaban J connectivity index is 1.81. The Morgan fingerprint density at radius 2 is 1.88 bits per heavy atom. The fourth-order valence-corrected chi connectivity index (χ4v) is 5.98. The lowest BCUT2D eigenvalue weighted by atomic mass is 9.89. The Kier molecular flexibility index (Phi) is 4.28. The van der Waals surface area contributed by atoms with Gasteiger partial charge in [0.15, 0.2) is 0 Å². The summed E-state index contributed by atoms with van der Waals surface area (Å²) in [6.45, 7) is 0. The van der Waals surface area contributed by atoms with Crippen molar-refractivity contribution in [2.24, 2.45) is 5.92 Å². The van der Waals surface area contributed by atoms with Gasteiger partial charge in [0, 0.05) is 4.47 Å². The van der Waals surface area contributed by atoms with E-state index in [0.29, 0.717) is 15.6 Å². The van der Waals surface area contributed by atoms with Gasteiger partial charge in [-0.15, -0.1) is 0 Å². The second-order valence-electron chi connectivity index (χ2n) is 5.76. The van der Waals surface area contributed by atoms with Crippen molar-refractivity contribution in [1.82, 2.24) is 4.98 Å². The summed E-state index contributed by atoms with van der Waals surface area (Å²) in [4.78, 5) is 54.0. The molecule has 26 heavy (non-hydrogen) atoms. The third-order valence-corrected chi connectivity index (χ3v) is 7.29. The average molecular weight is 455 g/mol. The minimum absolute atomic E-state index is 0.332. The summed E-state index contributed by atoms with van der Waals surface area (Å²) in [5.41, 5.74) is 0.443. The number of benzene rings is 1. The maximum absolute atomic E-state index is 13.1. The lowest BCUT2D eigenvalue weighted by Gasteiger charge is -2.27. The molecule has 134 valence electrons. The van der Waals surface area contributed by atoms with Crippen LogP contribution in [-0.4, -0.2) is 35.1 Å². The van der Waals surface area contributed by atoms with Crippen LogP contribution in [0.15, 0.2) is 38.6 Å². The molecular weight excluding hydrogens is 444 g/mol. The molecule has 7 nitrogen and oxygen atoms in total. The van der Waals surface area contributed by atoms with E-state index in [1.165, 1.54) is 7.11 Å². The Morgan fingerprint density at radius 3 is 2.54 bits per heavy atom. The number of nitrogens with zero attached hydrogens (tertiary/aromatic N) is 1. The molecule has 1 N–H and O–H groups in total.